The summed E-state index contributed by atoms with van der Waals surface area (Å²) in [5.74, 6) is 0. The zero-order chi connectivity index (χ0) is 6.57. The van der Waals surface area contributed by atoms with Crippen molar-refractivity contribution in [1.29, 1.82) is 0 Å². The molecule has 0 bridgehead atoms. The molecule has 0 aromatic heterocycles. The van der Waals surface area contributed by atoms with Gasteiger partial charge in [-0.2, -0.15) is 0 Å². The summed E-state index contributed by atoms with van der Waals surface area (Å²) in [6.45, 7) is 1.50. The summed E-state index contributed by atoms with van der Waals surface area (Å²) in [4.78, 5) is 0. The van der Waals surface area contributed by atoms with Crippen molar-refractivity contribution in [3.8, 4) is 0 Å². The monoisotopic (exact) mass is 124 g/mol. The van der Waals surface area contributed by atoms with Crippen molar-refractivity contribution in [3.05, 3.63) is 0 Å². The van der Waals surface area contributed by atoms with Crippen LogP contribution < -0.4 is 0 Å². The molecule has 1 nitrogen and oxygen atoms in total. The van der Waals surface area contributed by atoms with Gasteiger partial charge in [0.15, 0.2) is 0 Å². The molecular weight excluding hydrogens is 114 g/mol. The van der Waals surface area contributed by atoms with Crippen molar-refractivity contribution in [2.75, 3.05) is 0 Å². The molecule has 0 aliphatic rings. The van der Waals surface area contributed by atoms with Gasteiger partial charge in [-0.1, -0.05) is 0 Å². The van der Waals surface area contributed by atoms with Gasteiger partial charge >= 0.3 is 0 Å². The van der Waals surface area contributed by atoms with Crippen LogP contribution in [0.5, 0.6) is 0 Å². The minimum Gasteiger partial charge on any atom is -0.393 e. The Hall–Kier alpha value is -0.180. The van der Waals surface area contributed by atoms with Crippen molar-refractivity contribution < 1.29 is 13.9 Å². The quantitative estimate of drug-likeness (QED) is 0.603. The smallest absolute Gasteiger partial charge is 0.238 e. The summed E-state index contributed by atoms with van der Waals surface area (Å²) >= 11 is 0. The van der Waals surface area contributed by atoms with Crippen LogP contribution in [0.4, 0.5) is 8.78 Å². The van der Waals surface area contributed by atoms with Crippen molar-refractivity contribution in [1.82, 2.24) is 0 Å². The number of hydrogen-bond acceptors (Lipinski definition) is 1. The molecule has 8 heavy (non-hydrogen) atoms. The lowest BCUT2D eigenvalue weighted by Crippen LogP contribution is -2.02. The zero-order valence-corrected chi connectivity index (χ0v) is 4.77. The second-order valence-electron chi connectivity index (χ2n) is 1.82. The summed E-state index contributed by atoms with van der Waals surface area (Å²) < 4.78 is 22.6. The molecule has 1 atom stereocenters. The van der Waals surface area contributed by atoms with Gasteiger partial charge < -0.3 is 5.11 Å². The molecule has 0 saturated carbocycles. The van der Waals surface area contributed by atoms with E-state index in [1.807, 2.05) is 0 Å². The van der Waals surface area contributed by atoms with Gasteiger partial charge in [0, 0.05) is 6.42 Å². The van der Waals surface area contributed by atoms with Crippen LogP contribution in [0.3, 0.4) is 0 Å². The lowest BCUT2D eigenvalue weighted by molar-refractivity contribution is 0.103. The van der Waals surface area contributed by atoms with Gasteiger partial charge in [-0.25, -0.2) is 8.78 Å². The molecule has 3 heteroatoms. The predicted molar refractivity (Wildman–Crippen MR) is 26.9 cm³/mol. The highest BCUT2D eigenvalue weighted by atomic mass is 19.3. The number of alkyl halides is 2. The van der Waals surface area contributed by atoms with Crippen LogP contribution in [-0.2, 0) is 0 Å². The van der Waals surface area contributed by atoms with Crippen molar-refractivity contribution >= 4 is 0 Å². The van der Waals surface area contributed by atoms with E-state index in [2.05, 4.69) is 0 Å². The van der Waals surface area contributed by atoms with E-state index in [1.165, 1.54) is 6.92 Å². The third-order valence-electron chi connectivity index (χ3n) is 0.803. The van der Waals surface area contributed by atoms with Gasteiger partial charge in [0.05, 0.1) is 6.10 Å². The first-order valence-electron chi connectivity index (χ1n) is 2.59. The van der Waals surface area contributed by atoms with Crippen LogP contribution in [0.2, 0.25) is 0 Å². The van der Waals surface area contributed by atoms with E-state index in [4.69, 9.17) is 5.11 Å². The summed E-state index contributed by atoms with van der Waals surface area (Å²) in [5, 5.41) is 8.47. The molecule has 0 aromatic rings. The molecule has 0 aliphatic carbocycles. The standard InChI is InChI=1S/C5H10F2O/c1-4(8)2-3-5(6)7/h4-5,8H,2-3H2,1H3/t4-/m1/s1. The summed E-state index contributed by atoms with van der Waals surface area (Å²) in [7, 11) is 0. The average molecular weight is 124 g/mol. The highest BCUT2D eigenvalue weighted by Gasteiger charge is 2.03. The van der Waals surface area contributed by atoms with Crippen LogP contribution in [0.1, 0.15) is 19.8 Å². The minimum atomic E-state index is -2.27. The predicted octanol–water partition coefficient (Wildman–Crippen LogP) is 1.41. The first-order chi connectivity index (χ1) is 3.63. The van der Waals surface area contributed by atoms with Gasteiger partial charge in [-0.15, -0.1) is 0 Å². The van der Waals surface area contributed by atoms with E-state index in [-0.39, 0.29) is 12.8 Å². The maximum atomic E-state index is 11.3. The molecule has 1 N–H and O–H groups in total. The third-order valence-corrected chi connectivity index (χ3v) is 0.803. The number of halogens is 2. The van der Waals surface area contributed by atoms with E-state index in [9.17, 15) is 8.78 Å². The van der Waals surface area contributed by atoms with E-state index in [0.717, 1.165) is 0 Å². The first kappa shape index (κ1) is 7.82. The van der Waals surface area contributed by atoms with Gasteiger partial charge in [-0.05, 0) is 13.3 Å². The molecule has 50 valence electrons. The Bertz CT molecular complexity index is 46.4. The molecule has 0 saturated heterocycles. The number of aliphatic hydroxyl groups is 1. The molecule has 0 aliphatic heterocycles. The second kappa shape index (κ2) is 3.78. The molecule has 0 radical (unpaired) electrons. The van der Waals surface area contributed by atoms with Gasteiger partial charge in [-0.3, -0.25) is 0 Å². The van der Waals surface area contributed by atoms with E-state index in [1.54, 1.807) is 0 Å². The van der Waals surface area contributed by atoms with Crippen LogP contribution in [0.15, 0.2) is 0 Å². The molecule has 0 fully saturated rings. The molecule has 0 amide bonds. The van der Waals surface area contributed by atoms with Crippen LogP contribution in [0.25, 0.3) is 0 Å². The Morgan fingerprint density at radius 3 is 2.00 bits per heavy atom. The largest absolute Gasteiger partial charge is 0.393 e. The topological polar surface area (TPSA) is 20.2 Å². The van der Waals surface area contributed by atoms with Crippen LogP contribution in [0, 0.1) is 0 Å². The first-order valence-corrected chi connectivity index (χ1v) is 2.59. The Morgan fingerprint density at radius 2 is 1.88 bits per heavy atom. The second-order valence-corrected chi connectivity index (χ2v) is 1.82. The van der Waals surface area contributed by atoms with Crippen molar-refractivity contribution in [2.45, 2.75) is 32.3 Å². The summed E-state index contributed by atoms with van der Waals surface area (Å²) in [6.07, 6.45) is -2.87. The fraction of sp³-hybridized carbons (Fsp3) is 1.00. The summed E-state index contributed by atoms with van der Waals surface area (Å²) in [5.41, 5.74) is 0. The van der Waals surface area contributed by atoms with Gasteiger partial charge in [0.2, 0.25) is 6.43 Å². The SMILES string of the molecule is C[C@@H](O)CCC(F)F. The lowest BCUT2D eigenvalue weighted by Gasteiger charge is -2.00. The Labute approximate surface area is 47.3 Å². The molecule has 0 heterocycles. The normalized spacial score (nSPS) is 14.6. The van der Waals surface area contributed by atoms with Gasteiger partial charge in [0.25, 0.3) is 0 Å². The van der Waals surface area contributed by atoms with Crippen LogP contribution >= 0.6 is 0 Å². The molecule has 0 spiro atoms. The Kier molecular flexibility index (Phi) is 3.69. The minimum absolute atomic E-state index is 0.192. The molecule has 0 unspecified atom stereocenters. The number of rotatable bonds is 3. The maximum Gasteiger partial charge on any atom is 0.238 e. The maximum absolute atomic E-state index is 11.3. The number of hydrogen-bond donors (Lipinski definition) is 1. The van der Waals surface area contributed by atoms with Crippen molar-refractivity contribution in [2.24, 2.45) is 0 Å². The fourth-order valence-corrected chi connectivity index (χ4v) is 0.367. The Morgan fingerprint density at radius 1 is 1.38 bits per heavy atom. The number of aliphatic hydroxyl groups excluding tert-OH is 1. The average Bonchev–Trinajstić information content (AvgIpc) is 1.61. The molecular formula is C5H10F2O. The lowest BCUT2D eigenvalue weighted by atomic mass is 10.2. The highest BCUT2D eigenvalue weighted by Crippen LogP contribution is 2.04. The van der Waals surface area contributed by atoms with Crippen molar-refractivity contribution in [3.63, 3.8) is 0 Å². The van der Waals surface area contributed by atoms with Gasteiger partial charge in [0.1, 0.15) is 0 Å². The van der Waals surface area contributed by atoms with E-state index in [0.29, 0.717) is 0 Å². The highest BCUT2D eigenvalue weighted by molar-refractivity contribution is 4.47. The Balaban J connectivity index is 2.93. The molecule has 0 aromatic carbocycles. The van der Waals surface area contributed by atoms with E-state index >= 15 is 0 Å². The summed E-state index contributed by atoms with van der Waals surface area (Å²) in [6, 6.07) is 0. The van der Waals surface area contributed by atoms with Crippen LogP contribution in [-0.4, -0.2) is 17.6 Å². The molecule has 0 rings (SSSR count). The van der Waals surface area contributed by atoms with E-state index < -0.39 is 12.5 Å². The fourth-order valence-electron chi connectivity index (χ4n) is 0.367. The zero-order valence-electron chi connectivity index (χ0n) is 4.77. The third kappa shape index (κ3) is 5.82.